The van der Waals surface area contributed by atoms with Crippen LogP contribution < -0.4 is 4.74 Å². The Morgan fingerprint density at radius 2 is 2.05 bits per heavy atom. The van der Waals surface area contributed by atoms with Crippen LogP contribution in [0.5, 0.6) is 5.75 Å². The Hall–Kier alpha value is -0.590. The van der Waals surface area contributed by atoms with Gasteiger partial charge in [-0.15, -0.1) is 8.58 Å². The van der Waals surface area contributed by atoms with Gasteiger partial charge in [0.1, 0.15) is 5.75 Å². The SMILES string of the molecule is CCCPCCC(CC)CCOc1cccc(CO)c1. The third-order valence-corrected chi connectivity index (χ3v) is 5.11. The lowest BCUT2D eigenvalue weighted by Crippen LogP contribution is -2.07. The maximum atomic E-state index is 9.10. The molecule has 1 aromatic rings. The molecule has 0 fully saturated rings. The third kappa shape index (κ3) is 7.26. The van der Waals surface area contributed by atoms with Crippen molar-refractivity contribution < 1.29 is 9.84 Å². The van der Waals surface area contributed by atoms with E-state index >= 15 is 0 Å². The minimum absolute atomic E-state index is 0.0765. The van der Waals surface area contributed by atoms with Gasteiger partial charge < -0.3 is 9.84 Å². The first-order chi connectivity index (χ1) is 9.80. The van der Waals surface area contributed by atoms with Gasteiger partial charge in [0.05, 0.1) is 13.2 Å². The number of hydrogen-bond donors (Lipinski definition) is 1. The Bertz CT molecular complexity index is 355. The summed E-state index contributed by atoms with van der Waals surface area (Å²) in [5.74, 6) is 1.67. The van der Waals surface area contributed by atoms with Crippen LogP contribution in [0.15, 0.2) is 24.3 Å². The van der Waals surface area contributed by atoms with Crippen molar-refractivity contribution in [3.63, 3.8) is 0 Å². The zero-order chi connectivity index (χ0) is 14.6. The molecule has 2 nitrogen and oxygen atoms in total. The lowest BCUT2D eigenvalue weighted by Gasteiger charge is -2.15. The fourth-order valence-corrected chi connectivity index (χ4v) is 3.45. The topological polar surface area (TPSA) is 29.5 Å². The van der Waals surface area contributed by atoms with E-state index in [9.17, 15) is 0 Å². The zero-order valence-electron chi connectivity index (χ0n) is 12.9. The highest BCUT2D eigenvalue weighted by Gasteiger charge is 2.06. The second-order valence-electron chi connectivity index (χ2n) is 5.26. The van der Waals surface area contributed by atoms with Crippen LogP contribution in [0.25, 0.3) is 0 Å². The lowest BCUT2D eigenvalue weighted by molar-refractivity contribution is 0.267. The van der Waals surface area contributed by atoms with E-state index in [1.165, 1.54) is 31.6 Å². The first-order valence-electron chi connectivity index (χ1n) is 7.83. The Labute approximate surface area is 125 Å². The molecule has 3 heteroatoms. The molecule has 20 heavy (non-hydrogen) atoms. The summed E-state index contributed by atoms with van der Waals surface area (Å²) in [6, 6.07) is 7.73. The first-order valence-corrected chi connectivity index (χ1v) is 9.24. The second-order valence-corrected chi connectivity index (χ2v) is 6.76. The molecule has 114 valence electrons. The van der Waals surface area contributed by atoms with E-state index in [2.05, 4.69) is 13.8 Å². The van der Waals surface area contributed by atoms with Gasteiger partial charge in [-0.05, 0) is 48.8 Å². The number of ether oxygens (including phenoxy) is 1. The van der Waals surface area contributed by atoms with E-state index in [1.54, 1.807) is 0 Å². The number of aliphatic hydroxyl groups is 1. The predicted molar refractivity (Wildman–Crippen MR) is 89.2 cm³/mol. The van der Waals surface area contributed by atoms with Crippen LogP contribution in [-0.4, -0.2) is 24.0 Å². The molecular weight excluding hydrogens is 267 g/mol. The molecule has 1 rings (SSSR count). The van der Waals surface area contributed by atoms with Crippen molar-refractivity contribution in [3.05, 3.63) is 29.8 Å². The maximum Gasteiger partial charge on any atom is 0.119 e. The van der Waals surface area contributed by atoms with Gasteiger partial charge in [0.25, 0.3) is 0 Å². The van der Waals surface area contributed by atoms with E-state index in [0.717, 1.165) is 38.8 Å². The van der Waals surface area contributed by atoms with Gasteiger partial charge in [-0.1, -0.05) is 38.8 Å². The zero-order valence-corrected chi connectivity index (χ0v) is 13.9. The summed E-state index contributed by atoms with van der Waals surface area (Å²) in [5, 5.41) is 9.10. The van der Waals surface area contributed by atoms with Crippen LogP contribution in [-0.2, 0) is 6.61 Å². The number of hydrogen-bond acceptors (Lipinski definition) is 2. The number of rotatable bonds is 11. The van der Waals surface area contributed by atoms with E-state index in [1.807, 2.05) is 24.3 Å². The van der Waals surface area contributed by atoms with Crippen LogP contribution in [0.1, 0.15) is 45.1 Å². The Kier molecular flexibility index (Phi) is 9.70. The average molecular weight is 296 g/mol. The fraction of sp³-hybridized carbons (Fsp3) is 0.647. The van der Waals surface area contributed by atoms with Gasteiger partial charge in [0.15, 0.2) is 0 Å². The van der Waals surface area contributed by atoms with Crippen molar-refractivity contribution in [2.75, 3.05) is 18.9 Å². The van der Waals surface area contributed by atoms with Gasteiger partial charge in [-0.3, -0.25) is 0 Å². The first kappa shape index (κ1) is 17.5. The summed E-state index contributed by atoms with van der Waals surface area (Å²) in [4.78, 5) is 0. The molecule has 1 aromatic carbocycles. The summed E-state index contributed by atoms with van der Waals surface area (Å²) in [7, 11) is 1.14. The van der Waals surface area contributed by atoms with E-state index in [0.29, 0.717) is 0 Å². The average Bonchev–Trinajstić information content (AvgIpc) is 2.50. The summed E-state index contributed by atoms with van der Waals surface area (Å²) >= 11 is 0. The van der Waals surface area contributed by atoms with Gasteiger partial charge in [-0.25, -0.2) is 0 Å². The molecule has 0 heterocycles. The summed E-state index contributed by atoms with van der Waals surface area (Å²) in [6.07, 6.45) is 7.81. The molecule has 0 spiro atoms. The minimum atomic E-state index is 0.0765. The van der Waals surface area contributed by atoms with Gasteiger partial charge in [-0.2, -0.15) is 0 Å². The Morgan fingerprint density at radius 3 is 2.75 bits per heavy atom. The standard InChI is InChI=1S/C17H29O2P/c1-3-11-20-12-9-15(4-2)8-10-19-17-7-5-6-16(13-17)14-18/h5-7,13,15,18,20H,3-4,8-12,14H2,1-2H3. The molecule has 0 radical (unpaired) electrons. The molecule has 1 N–H and O–H groups in total. The van der Waals surface area contributed by atoms with E-state index < -0.39 is 0 Å². The molecule has 0 saturated heterocycles. The number of benzene rings is 1. The summed E-state index contributed by atoms with van der Waals surface area (Å²) < 4.78 is 5.80. The lowest BCUT2D eigenvalue weighted by atomic mass is 10.0. The van der Waals surface area contributed by atoms with Crippen LogP contribution in [0.2, 0.25) is 0 Å². The van der Waals surface area contributed by atoms with Gasteiger partial charge in [0, 0.05) is 0 Å². The Morgan fingerprint density at radius 1 is 1.20 bits per heavy atom. The van der Waals surface area contributed by atoms with Gasteiger partial charge in [0.2, 0.25) is 0 Å². The highest BCUT2D eigenvalue weighted by atomic mass is 31.1. The van der Waals surface area contributed by atoms with Crippen LogP contribution >= 0.6 is 8.58 Å². The van der Waals surface area contributed by atoms with Crippen LogP contribution in [0, 0.1) is 5.92 Å². The predicted octanol–water partition coefficient (Wildman–Crippen LogP) is 4.45. The molecule has 0 aliphatic heterocycles. The Balaban J connectivity index is 2.23. The smallest absolute Gasteiger partial charge is 0.119 e. The molecular formula is C17H29O2P. The molecule has 2 unspecified atom stereocenters. The molecule has 0 aromatic heterocycles. The highest BCUT2D eigenvalue weighted by Crippen LogP contribution is 2.21. The normalized spacial score (nSPS) is 12.9. The molecule has 2 atom stereocenters. The van der Waals surface area contributed by atoms with Crippen molar-refractivity contribution in [2.24, 2.45) is 5.92 Å². The monoisotopic (exact) mass is 296 g/mol. The second kappa shape index (κ2) is 11.1. The van der Waals surface area contributed by atoms with Crippen LogP contribution in [0.3, 0.4) is 0 Å². The van der Waals surface area contributed by atoms with Crippen molar-refractivity contribution in [3.8, 4) is 5.75 Å². The van der Waals surface area contributed by atoms with E-state index in [4.69, 9.17) is 9.84 Å². The maximum absolute atomic E-state index is 9.10. The van der Waals surface area contributed by atoms with Crippen molar-refractivity contribution in [1.29, 1.82) is 0 Å². The fourth-order valence-electron chi connectivity index (χ4n) is 2.24. The van der Waals surface area contributed by atoms with Crippen LogP contribution in [0.4, 0.5) is 0 Å². The number of aliphatic hydroxyl groups excluding tert-OH is 1. The third-order valence-electron chi connectivity index (χ3n) is 3.61. The quantitative estimate of drug-likeness (QED) is 0.483. The molecule has 0 saturated carbocycles. The van der Waals surface area contributed by atoms with E-state index in [-0.39, 0.29) is 6.61 Å². The molecule has 0 aliphatic carbocycles. The van der Waals surface area contributed by atoms with Crippen molar-refractivity contribution >= 4 is 8.58 Å². The largest absolute Gasteiger partial charge is 0.494 e. The summed E-state index contributed by atoms with van der Waals surface area (Å²) in [6.45, 7) is 5.40. The van der Waals surface area contributed by atoms with Crippen molar-refractivity contribution in [1.82, 2.24) is 0 Å². The summed E-state index contributed by atoms with van der Waals surface area (Å²) in [5.41, 5.74) is 0.912. The molecule has 0 bridgehead atoms. The van der Waals surface area contributed by atoms with Gasteiger partial charge >= 0.3 is 0 Å². The molecule has 0 aliphatic rings. The van der Waals surface area contributed by atoms with Crippen molar-refractivity contribution in [2.45, 2.75) is 46.1 Å². The highest BCUT2D eigenvalue weighted by molar-refractivity contribution is 7.37. The molecule has 0 amide bonds. The minimum Gasteiger partial charge on any atom is -0.494 e.